The van der Waals surface area contributed by atoms with Gasteiger partial charge in [-0.3, -0.25) is 4.98 Å². The van der Waals surface area contributed by atoms with Gasteiger partial charge >= 0.3 is 6.18 Å². The van der Waals surface area contributed by atoms with Crippen LogP contribution in [-0.4, -0.2) is 55.5 Å². The summed E-state index contributed by atoms with van der Waals surface area (Å²) in [6, 6.07) is 1.55. The van der Waals surface area contributed by atoms with E-state index in [-0.39, 0.29) is 19.1 Å². The Hall–Kier alpha value is -1.22. The minimum absolute atomic E-state index is 0.0951. The number of pyridine rings is 1. The number of alkyl halides is 3. The predicted octanol–water partition coefficient (Wildman–Crippen LogP) is 2.07. The van der Waals surface area contributed by atoms with Crippen molar-refractivity contribution < 1.29 is 27.4 Å². The van der Waals surface area contributed by atoms with E-state index >= 15 is 0 Å². The molecule has 0 amide bonds. The van der Waals surface area contributed by atoms with Gasteiger partial charge in [-0.2, -0.15) is 13.2 Å². The van der Waals surface area contributed by atoms with Gasteiger partial charge in [-0.1, -0.05) is 0 Å². The van der Waals surface area contributed by atoms with Crippen LogP contribution in [0.1, 0.15) is 18.4 Å². The maximum atomic E-state index is 13.3. The number of ether oxygens (including phenoxy) is 3. The van der Waals surface area contributed by atoms with Gasteiger partial charge in [-0.25, -0.2) is 0 Å². The molecule has 134 valence electrons. The molecule has 2 aliphatic heterocycles. The molecule has 0 saturated carbocycles. The maximum Gasteiger partial charge on any atom is 0.404 e. The molecule has 24 heavy (non-hydrogen) atoms. The van der Waals surface area contributed by atoms with Crippen molar-refractivity contribution in [3.63, 3.8) is 0 Å². The molecule has 3 rings (SSSR count). The summed E-state index contributed by atoms with van der Waals surface area (Å²) < 4.78 is 56.6. The zero-order valence-corrected chi connectivity index (χ0v) is 13.2. The second kappa shape index (κ2) is 7.35. The van der Waals surface area contributed by atoms with Crippen molar-refractivity contribution in [2.75, 3.05) is 26.4 Å². The number of halogens is 3. The van der Waals surface area contributed by atoms with E-state index in [1.54, 1.807) is 12.1 Å². The molecule has 0 aliphatic carbocycles. The van der Waals surface area contributed by atoms with Gasteiger partial charge in [0, 0.05) is 31.8 Å². The van der Waals surface area contributed by atoms with Gasteiger partial charge in [0.05, 0.1) is 25.9 Å². The van der Waals surface area contributed by atoms with Crippen LogP contribution in [-0.2, 0) is 20.6 Å². The van der Waals surface area contributed by atoms with Gasteiger partial charge in [0.1, 0.15) is 6.04 Å². The first-order chi connectivity index (χ1) is 11.5. The first-order valence-corrected chi connectivity index (χ1v) is 8.05. The molecule has 1 aromatic rings. The molecule has 3 heterocycles. The smallest absolute Gasteiger partial charge is 0.381 e. The normalized spacial score (nSPS) is 25.0. The molecule has 2 aliphatic rings. The highest BCUT2D eigenvalue weighted by Gasteiger charge is 2.44. The summed E-state index contributed by atoms with van der Waals surface area (Å²) in [5, 5.41) is 2.59. The zero-order valence-electron chi connectivity index (χ0n) is 13.2. The van der Waals surface area contributed by atoms with E-state index in [0.717, 1.165) is 0 Å². The molecule has 8 heteroatoms. The summed E-state index contributed by atoms with van der Waals surface area (Å²) in [6.45, 7) is 1.49. The average molecular weight is 346 g/mol. The van der Waals surface area contributed by atoms with Crippen LogP contribution in [0.5, 0.6) is 0 Å². The number of hydrogen-bond donors (Lipinski definition) is 1. The lowest BCUT2D eigenvalue weighted by Crippen LogP contribution is -2.47. The molecule has 1 N–H and O–H groups in total. The Labute approximate surface area is 138 Å². The molecule has 2 fully saturated rings. The van der Waals surface area contributed by atoms with E-state index in [1.165, 1.54) is 12.4 Å². The summed E-state index contributed by atoms with van der Waals surface area (Å²) in [5.74, 6) is -0.677. The summed E-state index contributed by atoms with van der Waals surface area (Å²) in [5.41, 5.74) is 0.587. The largest absolute Gasteiger partial charge is 0.404 e. The van der Waals surface area contributed by atoms with Crippen LogP contribution >= 0.6 is 0 Å². The third kappa shape index (κ3) is 4.44. The highest BCUT2D eigenvalue weighted by atomic mass is 19.4. The van der Waals surface area contributed by atoms with E-state index in [0.29, 0.717) is 38.2 Å². The highest BCUT2D eigenvalue weighted by molar-refractivity contribution is 5.12. The SMILES string of the molecule is FC(F)(F)C(Cc1ccncc1)NCC1COC2(CCOCC2)O1. The van der Waals surface area contributed by atoms with E-state index in [1.807, 2.05) is 0 Å². The quantitative estimate of drug-likeness (QED) is 0.885. The Balaban J connectivity index is 1.54. The molecule has 2 unspecified atom stereocenters. The van der Waals surface area contributed by atoms with Crippen molar-refractivity contribution in [1.29, 1.82) is 0 Å². The fourth-order valence-electron chi connectivity index (χ4n) is 2.99. The molecule has 5 nitrogen and oxygen atoms in total. The Morgan fingerprint density at radius 1 is 1.25 bits per heavy atom. The summed E-state index contributed by atoms with van der Waals surface area (Å²) in [6.07, 6.45) is -0.647. The van der Waals surface area contributed by atoms with Gasteiger partial charge in [-0.15, -0.1) is 0 Å². The summed E-state index contributed by atoms with van der Waals surface area (Å²) in [4.78, 5) is 3.82. The Bertz CT molecular complexity index is 521. The van der Waals surface area contributed by atoms with E-state index in [2.05, 4.69) is 10.3 Å². The topological polar surface area (TPSA) is 52.6 Å². The fraction of sp³-hybridized carbons (Fsp3) is 0.688. The van der Waals surface area contributed by atoms with Crippen LogP contribution in [0.2, 0.25) is 0 Å². The third-order valence-electron chi connectivity index (χ3n) is 4.34. The molecule has 1 aromatic heterocycles. The van der Waals surface area contributed by atoms with Crippen LogP contribution in [0.3, 0.4) is 0 Å². The molecule has 0 bridgehead atoms. The lowest BCUT2D eigenvalue weighted by atomic mass is 10.1. The minimum Gasteiger partial charge on any atom is -0.381 e. The van der Waals surface area contributed by atoms with E-state index < -0.39 is 18.0 Å². The fourth-order valence-corrected chi connectivity index (χ4v) is 2.99. The Morgan fingerprint density at radius 3 is 2.62 bits per heavy atom. The lowest BCUT2D eigenvalue weighted by Gasteiger charge is -2.32. The van der Waals surface area contributed by atoms with Crippen LogP contribution in [0.4, 0.5) is 13.2 Å². The van der Waals surface area contributed by atoms with Crippen molar-refractivity contribution in [2.45, 2.75) is 43.4 Å². The highest BCUT2D eigenvalue weighted by Crippen LogP contribution is 2.33. The number of hydrogen-bond acceptors (Lipinski definition) is 5. The van der Waals surface area contributed by atoms with Crippen molar-refractivity contribution in [2.24, 2.45) is 0 Å². The average Bonchev–Trinajstić information content (AvgIpc) is 2.94. The lowest BCUT2D eigenvalue weighted by molar-refractivity contribution is -0.211. The Kier molecular flexibility index (Phi) is 5.39. The third-order valence-corrected chi connectivity index (χ3v) is 4.34. The number of aromatic nitrogens is 1. The minimum atomic E-state index is -4.33. The van der Waals surface area contributed by atoms with E-state index in [9.17, 15) is 13.2 Å². The Morgan fingerprint density at radius 2 is 1.96 bits per heavy atom. The first kappa shape index (κ1) is 17.6. The molecule has 0 radical (unpaired) electrons. The van der Waals surface area contributed by atoms with Crippen LogP contribution in [0.25, 0.3) is 0 Å². The molecule has 1 spiro atoms. The molecular weight excluding hydrogens is 325 g/mol. The second-order valence-electron chi connectivity index (χ2n) is 6.14. The van der Waals surface area contributed by atoms with Gasteiger partial charge in [0.2, 0.25) is 0 Å². The van der Waals surface area contributed by atoms with Gasteiger partial charge in [0.25, 0.3) is 0 Å². The monoisotopic (exact) mass is 346 g/mol. The van der Waals surface area contributed by atoms with Crippen molar-refractivity contribution in [3.8, 4) is 0 Å². The van der Waals surface area contributed by atoms with Crippen LogP contribution < -0.4 is 5.32 Å². The predicted molar refractivity (Wildman–Crippen MR) is 79.4 cm³/mol. The van der Waals surface area contributed by atoms with Gasteiger partial charge in [-0.05, 0) is 24.1 Å². The number of nitrogens with one attached hydrogen (secondary N) is 1. The summed E-state index contributed by atoms with van der Waals surface area (Å²) >= 11 is 0. The molecular formula is C16H21F3N2O3. The maximum absolute atomic E-state index is 13.3. The standard InChI is InChI=1S/C16H21F3N2O3/c17-16(18,19)14(9-12-1-5-20-6-2-12)21-10-13-11-23-15(24-13)3-7-22-8-4-15/h1-2,5-6,13-14,21H,3-4,7-11H2. The number of nitrogens with zero attached hydrogens (tertiary/aromatic N) is 1. The molecule has 2 atom stereocenters. The van der Waals surface area contributed by atoms with E-state index in [4.69, 9.17) is 14.2 Å². The molecule has 0 aromatic carbocycles. The first-order valence-electron chi connectivity index (χ1n) is 8.05. The van der Waals surface area contributed by atoms with Gasteiger partial charge < -0.3 is 19.5 Å². The van der Waals surface area contributed by atoms with Crippen LogP contribution in [0, 0.1) is 0 Å². The second-order valence-corrected chi connectivity index (χ2v) is 6.14. The van der Waals surface area contributed by atoms with Crippen molar-refractivity contribution in [3.05, 3.63) is 30.1 Å². The van der Waals surface area contributed by atoms with Crippen molar-refractivity contribution in [1.82, 2.24) is 10.3 Å². The molecule has 2 saturated heterocycles. The summed E-state index contributed by atoms with van der Waals surface area (Å²) in [7, 11) is 0. The van der Waals surface area contributed by atoms with Crippen molar-refractivity contribution >= 4 is 0 Å². The zero-order chi connectivity index (χ0) is 17.0. The van der Waals surface area contributed by atoms with Gasteiger partial charge in [0.15, 0.2) is 5.79 Å². The van der Waals surface area contributed by atoms with Crippen LogP contribution in [0.15, 0.2) is 24.5 Å². The number of rotatable bonds is 5.